The van der Waals surface area contributed by atoms with Gasteiger partial charge in [0.25, 0.3) is 5.91 Å². The highest BCUT2D eigenvalue weighted by Crippen LogP contribution is 2.27. The van der Waals surface area contributed by atoms with E-state index in [4.69, 9.17) is 14.2 Å². The second-order valence-electron chi connectivity index (χ2n) is 5.49. The van der Waals surface area contributed by atoms with Crippen molar-refractivity contribution in [3.63, 3.8) is 0 Å². The lowest BCUT2D eigenvalue weighted by molar-refractivity contribution is -0.133. The van der Waals surface area contributed by atoms with E-state index in [1.165, 1.54) is 44.4 Å². The van der Waals surface area contributed by atoms with Crippen LogP contribution in [0.3, 0.4) is 0 Å². The van der Waals surface area contributed by atoms with Gasteiger partial charge in [-0.2, -0.15) is 0 Å². The van der Waals surface area contributed by atoms with Crippen LogP contribution in [0.2, 0.25) is 0 Å². The normalized spacial score (nSPS) is 10.2. The molecule has 0 spiro atoms. The van der Waals surface area contributed by atoms with Crippen molar-refractivity contribution < 1.29 is 28.2 Å². The Balaban J connectivity index is 1.94. The molecule has 0 aliphatic carbocycles. The first-order valence-electron chi connectivity index (χ1n) is 7.82. The number of ether oxygens (including phenoxy) is 3. The molecule has 1 amide bonds. The molecular weight excluding hydrogens is 341 g/mol. The zero-order valence-electron chi connectivity index (χ0n) is 14.8. The fraction of sp³-hybridized carbons (Fsp3) is 0.263. The van der Waals surface area contributed by atoms with Crippen LogP contribution in [0.5, 0.6) is 11.5 Å². The Morgan fingerprint density at radius 1 is 1.04 bits per heavy atom. The van der Waals surface area contributed by atoms with Gasteiger partial charge in [-0.15, -0.1) is 0 Å². The maximum absolute atomic E-state index is 13.6. The van der Waals surface area contributed by atoms with E-state index in [0.717, 1.165) is 0 Å². The highest BCUT2D eigenvalue weighted by atomic mass is 19.1. The van der Waals surface area contributed by atoms with E-state index in [1.54, 1.807) is 24.3 Å². The molecule has 7 heteroatoms. The summed E-state index contributed by atoms with van der Waals surface area (Å²) >= 11 is 0. The lowest BCUT2D eigenvalue weighted by atomic mass is 10.2. The van der Waals surface area contributed by atoms with Crippen LogP contribution in [-0.2, 0) is 16.1 Å². The Labute approximate surface area is 151 Å². The molecule has 0 radical (unpaired) electrons. The predicted molar refractivity (Wildman–Crippen MR) is 92.7 cm³/mol. The molecule has 0 saturated carbocycles. The number of amides is 1. The molecule has 0 N–H and O–H groups in total. The molecule has 0 heterocycles. The summed E-state index contributed by atoms with van der Waals surface area (Å²) in [6.45, 7) is -0.364. The van der Waals surface area contributed by atoms with Gasteiger partial charge in [-0.3, -0.25) is 4.79 Å². The third-order valence-electron chi connectivity index (χ3n) is 3.74. The van der Waals surface area contributed by atoms with E-state index in [0.29, 0.717) is 17.1 Å². The van der Waals surface area contributed by atoms with Crippen molar-refractivity contribution in [2.75, 3.05) is 27.9 Å². The Morgan fingerprint density at radius 3 is 2.38 bits per heavy atom. The molecule has 2 aromatic carbocycles. The van der Waals surface area contributed by atoms with Crippen LogP contribution < -0.4 is 9.47 Å². The summed E-state index contributed by atoms with van der Waals surface area (Å²) in [6, 6.07) is 10.7. The molecule has 0 atom stereocenters. The van der Waals surface area contributed by atoms with Crippen LogP contribution >= 0.6 is 0 Å². The van der Waals surface area contributed by atoms with Gasteiger partial charge < -0.3 is 19.1 Å². The number of halogens is 1. The van der Waals surface area contributed by atoms with Crippen LogP contribution in [0, 0.1) is 5.82 Å². The SMILES string of the molecule is COc1ccc(C(=O)OCC(=O)N(C)Cc2ccccc2F)cc1OC. The van der Waals surface area contributed by atoms with Crippen LogP contribution in [0.4, 0.5) is 4.39 Å². The number of nitrogens with zero attached hydrogens (tertiary/aromatic N) is 1. The summed E-state index contributed by atoms with van der Waals surface area (Å²) in [6.07, 6.45) is 0. The maximum Gasteiger partial charge on any atom is 0.338 e. The molecule has 2 aromatic rings. The number of methoxy groups -OCH3 is 2. The number of likely N-dealkylation sites (N-methyl/N-ethyl adjacent to an activating group) is 1. The van der Waals surface area contributed by atoms with Crippen molar-refractivity contribution in [2.45, 2.75) is 6.54 Å². The van der Waals surface area contributed by atoms with Crippen molar-refractivity contribution in [1.82, 2.24) is 4.90 Å². The first kappa shape index (κ1) is 19.2. The quantitative estimate of drug-likeness (QED) is 0.710. The highest BCUT2D eigenvalue weighted by Gasteiger charge is 2.16. The minimum atomic E-state index is -0.668. The lowest BCUT2D eigenvalue weighted by Crippen LogP contribution is -2.31. The van der Waals surface area contributed by atoms with E-state index >= 15 is 0 Å². The maximum atomic E-state index is 13.6. The van der Waals surface area contributed by atoms with Gasteiger partial charge >= 0.3 is 5.97 Å². The number of carbonyl (C=O) groups excluding carboxylic acids is 2. The van der Waals surface area contributed by atoms with E-state index in [1.807, 2.05) is 0 Å². The van der Waals surface area contributed by atoms with E-state index in [9.17, 15) is 14.0 Å². The number of hydrogen-bond donors (Lipinski definition) is 0. The van der Waals surface area contributed by atoms with Gasteiger partial charge in [0.15, 0.2) is 18.1 Å². The molecule has 6 nitrogen and oxygen atoms in total. The Hall–Kier alpha value is -3.09. The largest absolute Gasteiger partial charge is 0.493 e. The molecule has 0 aliphatic heterocycles. The van der Waals surface area contributed by atoms with Gasteiger partial charge in [0.1, 0.15) is 5.82 Å². The Kier molecular flexibility index (Phi) is 6.54. The monoisotopic (exact) mass is 361 g/mol. The molecule has 0 aliphatic rings. The van der Waals surface area contributed by atoms with Crippen molar-refractivity contribution in [2.24, 2.45) is 0 Å². The summed E-state index contributed by atoms with van der Waals surface area (Å²) in [5, 5.41) is 0. The first-order chi connectivity index (χ1) is 12.5. The number of benzene rings is 2. The number of esters is 1. The second-order valence-corrected chi connectivity index (χ2v) is 5.49. The fourth-order valence-corrected chi connectivity index (χ4v) is 2.25. The van der Waals surface area contributed by atoms with Crippen LogP contribution in [-0.4, -0.2) is 44.7 Å². The molecule has 0 unspecified atom stereocenters. The summed E-state index contributed by atoms with van der Waals surface area (Å²) in [5.41, 5.74) is 0.613. The van der Waals surface area contributed by atoms with Gasteiger partial charge in [-0.1, -0.05) is 18.2 Å². The van der Waals surface area contributed by atoms with Gasteiger partial charge in [0.05, 0.1) is 19.8 Å². The van der Waals surface area contributed by atoms with Crippen molar-refractivity contribution in [3.05, 3.63) is 59.4 Å². The molecule has 0 aromatic heterocycles. The zero-order valence-corrected chi connectivity index (χ0v) is 14.8. The van der Waals surface area contributed by atoms with E-state index in [2.05, 4.69) is 0 Å². The molecule has 2 rings (SSSR count). The second kappa shape index (κ2) is 8.84. The molecule has 0 bridgehead atoms. The molecule has 138 valence electrons. The molecule has 26 heavy (non-hydrogen) atoms. The van der Waals surface area contributed by atoms with Crippen LogP contribution in [0.25, 0.3) is 0 Å². The minimum Gasteiger partial charge on any atom is -0.493 e. The number of rotatable bonds is 7. The smallest absolute Gasteiger partial charge is 0.338 e. The van der Waals surface area contributed by atoms with Gasteiger partial charge in [-0.25, -0.2) is 9.18 Å². The zero-order chi connectivity index (χ0) is 19.1. The van der Waals surface area contributed by atoms with E-state index < -0.39 is 24.3 Å². The van der Waals surface area contributed by atoms with Crippen molar-refractivity contribution in [1.29, 1.82) is 0 Å². The highest BCUT2D eigenvalue weighted by molar-refractivity contribution is 5.92. The van der Waals surface area contributed by atoms with Crippen molar-refractivity contribution >= 4 is 11.9 Å². The Morgan fingerprint density at radius 2 is 1.73 bits per heavy atom. The van der Waals surface area contributed by atoms with Crippen LogP contribution in [0.1, 0.15) is 15.9 Å². The van der Waals surface area contributed by atoms with Crippen molar-refractivity contribution in [3.8, 4) is 11.5 Å². The molecule has 0 saturated heterocycles. The van der Waals surface area contributed by atoms with E-state index in [-0.39, 0.29) is 12.1 Å². The lowest BCUT2D eigenvalue weighted by Gasteiger charge is -2.17. The summed E-state index contributed by atoms with van der Waals surface area (Å²) in [4.78, 5) is 25.5. The summed E-state index contributed by atoms with van der Waals surface area (Å²) in [5.74, 6) is -0.648. The van der Waals surface area contributed by atoms with Crippen LogP contribution in [0.15, 0.2) is 42.5 Å². The summed E-state index contributed by atoms with van der Waals surface area (Å²) in [7, 11) is 4.45. The Bertz CT molecular complexity index is 793. The first-order valence-corrected chi connectivity index (χ1v) is 7.82. The summed E-state index contributed by atoms with van der Waals surface area (Å²) < 4.78 is 28.9. The standard InChI is InChI=1S/C19H20FNO5/c1-21(11-14-6-4-5-7-15(14)20)18(22)12-26-19(23)13-8-9-16(24-2)17(10-13)25-3/h4-10H,11-12H2,1-3H3. The van der Waals surface area contributed by atoms with Gasteiger partial charge in [-0.05, 0) is 24.3 Å². The average Bonchev–Trinajstić information content (AvgIpc) is 2.66. The predicted octanol–water partition coefficient (Wildman–Crippen LogP) is 2.66. The average molecular weight is 361 g/mol. The minimum absolute atomic E-state index is 0.0828. The topological polar surface area (TPSA) is 65.1 Å². The van der Waals surface area contributed by atoms with Gasteiger partial charge in [0, 0.05) is 19.2 Å². The number of carbonyl (C=O) groups is 2. The molecule has 0 fully saturated rings. The third-order valence-corrected chi connectivity index (χ3v) is 3.74. The van der Waals surface area contributed by atoms with Gasteiger partial charge in [0.2, 0.25) is 0 Å². The number of hydrogen-bond acceptors (Lipinski definition) is 5. The molecular formula is C19H20FNO5. The third kappa shape index (κ3) is 4.72. The fourth-order valence-electron chi connectivity index (χ4n) is 2.25.